The molecule has 0 aliphatic heterocycles. The average Bonchev–Trinajstić information content (AvgIpc) is 2.25. The minimum atomic E-state index is 1.14. The van der Waals surface area contributed by atoms with Crippen LogP contribution in [0.1, 0.15) is 12.8 Å². The second kappa shape index (κ2) is 6.46. The van der Waals surface area contributed by atoms with E-state index in [1.54, 1.807) is 0 Å². The quantitative estimate of drug-likeness (QED) is 0.660. The van der Waals surface area contributed by atoms with Gasteiger partial charge in [-0.2, -0.15) is 0 Å². The summed E-state index contributed by atoms with van der Waals surface area (Å²) in [6, 6.07) is 10.6. The maximum Gasteiger partial charge on any atom is 0.0363 e. The van der Waals surface area contributed by atoms with E-state index in [2.05, 4.69) is 61.3 Å². The van der Waals surface area contributed by atoms with Crippen LogP contribution in [0.2, 0.25) is 0 Å². The minimum Gasteiger partial charge on any atom is -0.375 e. The van der Waals surface area contributed by atoms with Crippen molar-refractivity contribution in [1.29, 1.82) is 0 Å². The van der Waals surface area contributed by atoms with Gasteiger partial charge < -0.3 is 9.80 Å². The lowest BCUT2D eigenvalue weighted by molar-refractivity contribution is 0.395. The fourth-order valence-electron chi connectivity index (χ4n) is 1.59. The maximum atomic E-state index is 2.32. The van der Waals surface area contributed by atoms with Crippen LogP contribution in [-0.2, 0) is 0 Å². The van der Waals surface area contributed by atoms with Crippen molar-refractivity contribution in [3.8, 4) is 0 Å². The Morgan fingerprint density at radius 2 is 1.47 bits per heavy atom. The standard InChI is InChI=1S/C13H22N2/c1-14(2)11-7-8-12-15(3)13-9-5-4-6-10-13/h4-6,9-10H,7-8,11-12H2,1-3H3. The van der Waals surface area contributed by atoms with E-state index in [1.807, 2.05) is 0 Å². The maximum absolute atomic E-state index is 2.32. The van der Waals surface area contributed by atoms with Crippen molar-refractivity contribution < 1.29 is 0 Å². The van der Waals surface area contributed by atoms with Crippen LogP contribution in [0.15, 0.2) is 30.3 Å². The molecule has 0 heterocycles. The topological polar surface area (TPSA) is 6.48 Å². The van der Waals surface area contributed by atoms with Crippen LogP contribution < -0.4 is 4.90 Å². The Morgan fingerprint density at radius 3 is 2.07 bits per heavy atom. The van der Waals surface area contributed by atoms with Gasteiger partial charge in [-0.1, -0.05) is 18.2 Å². The molecule has 0 amide bonds. The molecule has 1 rings (SSSR count). The normalized spacial score (nSPS) is 10.7. The molecule has 0 spiro atoms. The number of benzene rings is 1. The van der Waals surface area contributed by atoms with Crippen LogP contribution in [0.3, 0.4) is 0 Å². The first kappa shape index (κ1) is 12.1. The van der Waals surface area contributed by atoms with Gasteiger partial charge in [0.2, 0.25) is 0 Å². The summed E-state index contributed by atoms with van der Waals surface area (Å²) >= 11 is 0. The lowest BCUT2D eigenvalue weighted by Crippen LogP contribution is -2.20. The van der Waals surface area contributed by atoms with Gasteiger partial charge in [-0.3, -0.25) is 0 Å². The van der Waals surface area contributed by atoms with E-state index < -0.39 is 0 Å². The Bertz CT molecular complexity index is 256. The van der Waals surface area contributed by atoms with Crippen molar-refractivity contribution >= 4 is 5.69 Å². The molecule has 1 aromatic carbocycles. The highest BCUT2D eigenvalue weighted by molar-refractivity contribution is 5.44. The molecule has 0 N–H and O–H groups in total. The van der Waals surface area contributed by atoms with Gasteiger partial charge >= 0.3 is 0 Å². The van der Waals surface area contributed by atoms with E-state index in [1.165, 1.54) is 25.1 Å². The van der Waals surface area contributed by atoms with Gasteiger partial charge in [0.1, 0.15) is 0 Å². The fraction of sp³-hybridized carbons (Fsp3) is 0.538. The molecule has 0 radical (unpaired) electrons. The van der Waals surface area contributed by atoms with Crippen LogP contribution in [0.5, 0.6) is 0 Å². The van der Waals surface area contributed by atoms with Crippen molar-refractivity contribution in [3.05, 3.63) is 30.3 Å². The first-order chi connectivity index (χ1) is 7.20. The predicted octanol–water partition coefficient (Wildman–Crippen LogP) is 2.46. The highest BCUT2D eigenvalue weighted by Gasteiger charge is 1.99. The van der Waals surface area contributed by atoms with Gasteiger partial charge in [0.15, 0.2) is 0 Å². The largest absolute Gasteiger partial charge is 0.375 e. The Kier molecular flexibility index (Phi) is 5.19. The second-order valence-corrected chi connectivity index (χ2v) is 4.27. The Labute approximate surface area is 93.5 Å². The van der Waals surface area contributed by atoms with E-state index in [-0.39, 0.29) is 0 Å². The molecule has 0 saturated carbocycles. The van der Waals surface area contributed by atoms with Crippen LogP contribution in [0.4, 0.5) is 5.69 Å². The molecule has 0 unspecified atom stereocenters. The first-order valence-corrected chi connectivity index (χ1v) is 5.61. The van der Waals surface area contributed by atoms with Gasteiger partial charge in [0.25, 0.3) is 0 Å². The monoisotopic (exact) mass is 206 g/mol. The third-order valence-electron chi connectivity index (χ3n) is 2.55. The number of hydrogen-bond acceptors (Lipinski definition) is 2. The summed E-state index contributed by atoms with van der Waals surface area (Å²) in [6.07, 6.45) is 2.52. The summed E-state index contributed by atoms with van der Waals surface area (Å²) in [6.45, 7) is 2.32. The summed E-state index contributed by atoms with van der Waals surface area (Å²) in [5.74, 6) is 0. The van der Waals surface area contributed by atoms with Crippen LogP contribution in [-0.4, -0.2) is 39.1 Å². The van der Waals surface area contributed by atoms with Crippen molar-refractivity contribution in [2.75, 3.05) is 39.1 Å². The van der Waals surface area contributed by atoms with Crippen LogP contribution in [0, 0.1) is 0 Å². The molecule has 2 heteroatoms. The molecule has 0 aliphatic carbocycles. The Hall–Kier alpha value is -1.02. The highest BCUT2D eigenvalue weighted by Crippen LogP contribution is 2.11. The third-order valence-corrected chi connectivity index (χ3v) is 2.55. The Morgan fingerprint density at radius 1 is 0.867 bits per heavy atom. The molecular weight excluding hydrogens is 184 g/mol. The van der Waals surface area contributed by atoms with Gasteiger partial charge in [0, 0.05) is 19.3 Å². The molecular formula is C13H22N2. The van der Waals surface area contributed by atoms with Crippen LogP contribution in [0.25, 0.3) is 0 Å². The summed E-state index contributed by atoms with van der Waals surface area (Å²) in [4.78, 5) is 4.55. The molecule has 0 aromatic heterocycles. The Balaban J connectivity index is 2.22. The van der Waals surface area contributed by atoms with Crippen molar-refractivity contribution in [1.82, 2.24) is 4.90 Å². The molecule has 84 valence electrons. The number of rotatable bonds is 6. The van der Waals surface area contributed by atoms with Crippen molar-refractivity contribution in [2.45, 2.75) is 12.8 Å². The average molecular weight is 206 g/mol. The molecule has 0 atom stereocenters. The van der Waals surface area contributed by atoms with Gasteiger partial charge in [-0.25, -0.2) is 0 Å². The van der Waals surface area contributed by atoms with Gasteiger partial charge in [-0.05, 0) is 45.6 Å². The summed E-state index contributed by atoms with van der Waals surface area (Å²) in [7, 11) is 6.41. The minimum absolute atomic E-state index is 1.14. The molecule has 15 heavy (non-hydrogen) atoms. The third kappa shape index (κ3) is 4.84. The number of unbranched alkanes of at least 4 members (excludes halogenated alkanes) is 1. The van der Waals surface area contributed by atoms with E-state index in [0.717, 1.165) is 6.54 Å². The zero-order valence-corrected chi connectivity index (χ0v) is 10.1. The highest BCUT2D eigenvalue weighted by atomic mass is 15.1. The molecule has 0 saturated heterocycles. The number of para-hydroxylation sites is 1. The van der Waals surface area contributed by atoms with E-state index in [9.17, 15) is 0 Å². The zero-order valence-electron chi connectivity index (χ0n) is 10.1. The van der Waals surface area contributed by atoms with E-state index in [4.69, 9.17) is 0 Å². The lowest BCUT2D eigenvalue weighted by Gasteiger charge is -2.19. The molecule has 0 aliphatic rings. The molecule has 0 fully saturated rings. The SMILES string of the molecule is CN(C)CCCCN(C)c1ccccc1. The fourth-order valence-corrected chi connectivity index (χ4v) is 1.59. The summed E-state index contributed by atoms with van der Waals surface area (Å²) in [5.41, 5.74) is 1.31. The van der Waals surface area contributed by atoms with Gasteiger partial charge in [-0.15, -0.1) is 0 Å². The van der Waals surface area contributed by atoms with Crippen molar-refractivity contribution in [3.63, 3.8) is 0 Å². The van der Waals surface area contributed by atoms with E-state index >= 15 is 0 Å². The molecule has 1 aromatic rings. The predicted molar refractivity (Wildman–Crippen MR) is 67.5 cm³/mol. The number of nitrogens with zero attached hydrogens (tertiary/aromatic N) is 2. The van der Waals surface area contributed by atoms with Crippen molar-refractivity contribution in [2.24, 2.45) is 0 Å². The first-order valence-electron chi connectivity index (χ1n) is 5.61. The number of anilines is 1. The summed E-state index contributed by atoms with van der Waals surface area (Å²) < 4.78 is 0. The zero-order chi connectivity index (χ0) is 11.1. The number of hydrogen-bond donors (Lipinski definition) is 0. The smallest absolute Gasteiger partial charge is 0.0363 e. The van der Waals surface area contributed by atoms with Gasteiger partial charge in [0.05, 0.1) is 0 Å². The second-order valence-electron chi connectivity index (χ2n) is 4.27. The molecule has 2 nitrogen and oxygen atoms in total. The van der Waals surface area contributed by atoms with Crippen LogP contribution >= 0.6 is 0 Å². The summed E-state index contributed by atoms with van der Waals surface area (Å²) in [5, 5.41) is 0. The lowest BCUT2D eigenvalue weighted by atomic mass is 10.2. The van der Waals surface area contributed by atoms with E-state index in [0.29, 0.717) is 0 Å². The molecule has 0 bridgehead atoms.